The summed E-state index contributed by atoms with van der Waals surface area (Å²) in [5.74, 6) is -2.58. The molecule has 2 heterocycles. The maximum absolute atomic E-state index is 13.7. The highest BCUT2D eigenvalue weighted by molar-refractivity contribution is 6.35. The molecule has 2 aromatic carbocycles. The van der Waals surface area contributed by atoms with Gasteiger partial charge in [-0.2, -0.15) is 0 Å². The molecule has 1 aliphatic rings. The Morgan fingerprint density at radius 2 is 1.83 bits per heavy atom. The molecule has 3 N–H and O–H groups in total. The number of carbonyl (C=O) groups is 3. The maximum atomic E-state index is 13.7. The van der Waals surface area contributed by atoms with Crippen molar-refractivity contribution in [3.8, 4) is 0 Å². The summed E-state index contributed by atoms with van der Waals surface area (Å²) in [6.07, 6.45) is 1.39. The molecular formula is C22H15FN2O4. The van der Waals surface area contributed by atoms with E-state index >= 15 is 0 Å². The van der Waals surface area contributed by atoms with Crippen molar-refractivity contribution in [3.63, 3.8) is 0 Å². The molecule has 3 aromatic rings. The smallest absolute Gasteiger partial charge is 0.352 e. The second-order valence-electron chi connectivity index (χ2n) is 6.62. The summed E-state index contributed by atoms with van der Waals surface area (Å²) in [6.45, 7) is 1.53. The Kier molecular flexibility index (Phi) is 4.35. The number of anilines is 1. The summed E-state index contributed by atoms with van der Waals surface area (Å²) < 4.78 is 13.7. The molecule has 144 valence electrons. The predicted molar refractivity (Wildman–Crippen MR) is 105 cm³/mol. The molecule has 29 heavy (non-hydrogen) atoms. The fourth-order valence-electron chi connectivity index (χ4n) is 3.41. The van der Waals surface area contributed by atoms with E-state index in [4.69, 9.17) is 0 Å². The number of H-pyrrole nitrogens is 1. The molecule has 0 aliphatic carbocycles. The maximum Gasteiger partial charge on any atom is 0.352 e. The number of carbonyl (C=O) groups excluding carboxylic acids is 2. The van der Waals surface area contributed by atoms with E-state index in [-0.39, 0.29) is 33.9 Å². The molecule has 0 spiro atoms. The van der Waals surface area contributed by atoms with Gasteiger partial charge in [0, 0.05) is 16.8 Å². The fourth-order valence-corrected chi connectivity index (χ4v) is 3.41. The lowest BCUT2D eigenvalue weighted by molar-refractivity contribution is -0.110. The van der Waals surface area contributed by atoms with Crippen LogP contribution in [-0.2, 0) is 4.79 Å². The van der Waals surface area contributed by atoms with Gasteiger partial charge in [-0.1, -0.05) is 30.3 Å². The van der Waals surface area contributed by atoms with Crippen molar-refractivity contribution < 1.29 is 23.9 Å². The quantitative estimate of drug-likeness (QED) is 0.465. The van der Waals surface area contributed by atoms with E-state index in [0.717, 1.165) is 0 Å². The van der Waals surface area contributed by atoms with E-state index in [1.807, 2.05) is 0 Å². The van der Waals surface area contributed by atoms with Crippen LogP contribution < -0.4 is 5.32 Å². The van der Waals surface area contributed by atoms with E-state index in [9.17, 15) is 23.9 Å². The lowest BCUT2D eigenvalue weighted by Crippen LogP contribution is -2.06. The number of hydrogen-bond donors (Lipinski definition) is 3. The van der Waals surface area contributed by atoms with Crippen molar-refractivity contribution in [1.82, 2.24) is 4.98 Å². The molecular weight excluding hydrogens is 375 g/mol. The summed E-state index contributed by atoms with van der Waals surface area (Å²) in [5.41, 5.74) is 1.76. The van der Waals surface area contributed by atoms with Gasteiger partial charge in [0.15, 0.2) is 5.78 Å². The van der Waals surface area contributed by atoms with Crippen LogP contribution in [-0.4, -0.2) is 27.8 Å². The number of aromatic nitrogens is 1. The van der Waals surface area contributed by atoms with E-state index in [0.29, 0.717) is 16.8 Å². The lowest BCUT2D eigenvalue weighted by atomic mass is 9.97. The highest BCUT2D eigenvalue weighted by Crippen LogP contribution is 2.35. The van der Waals surface area contributed by atoms with Crippen LogP contribution >= 0.6 is 0 Å². The van der Waals surface area contributed by atoms with Crippen molar-refractivity contribution in [2.24, 2.45) is 0 Å². The summed E-state index contributed by atoms with van der Waals surface area (Å²) in [4.78, 5) is 39.8. The Labute approximate surface area is 164 Å². The van der Waals surface area contributed by atoms with Crippen LogP contribution in [0.4, 0.5) is 10.1 Å². The van der Waals surface area contributed by atoms with Crippen molar-refractivity contribution in [1.29, 1.82) is 0 Å². The molecule has 1 aromatic heterocycles. The molecule has 6 nitrogen and oxygen atoms in total. The summed E-state index contributed by atoms with van der Waals surface area (Å²) in [5, 5.41) is 12.1. The average molecular weight is 390 g/mol. The minimum atomic E-state index is -1.23. The van der Waals surface area contributed by atoms with Gasteiger partial charge in [-0.25, -0.2) is 9.18 Å². The summed E-state index contributed by atoms with van der Waals surface area (Å²) in [7, 11) is 0. The number of benzene rings is 2. The van der Waals surface area contributed by atoms with Crippen LogP contribution in [0.25, 0.3) is 11.6 Å². The Morgan fingerprint density at radius 3 is 2.52 bits per heavy atom. The first-order valence-corrected chi connectivity index (χ1v) is 8.75. The number of halogens is 1. The number of carboxylic acid groups (broad SMARTS) is 1. The van der Waals surface area contributed by atoms with Gasteiger partial charge < -0.3 is 15.4 Å². The van der Waals surface area contributed by atoms with Gasteiger partial charge >= 0.3 is 5.97 Å². The minimum Gasteiger partial charge on any atom is -0.477 e. The number of nitrogens with one attached hydrogen (secondary N) is 2. The molecule has 4 rings (SSSR count). The molecule has 0 saturated carbocycles. The van der Waals surface area contributed by atoms with Gasteiger partial charge in [0.1, 0.15) is 11.5 Å². The molecule has 0 bridgehead atoms. The van der Waals surface area contributed by atoms with E-state index in [1.54, 1.807) is 30.3 Å². The van der Waals surface area contributed by atoms with Gasteiger partial charge in [0.05, 0.1) is 16.8 Å². The van der Waals surface area contributed by atoms with Gasteiger partial charge in [-0.15, -0.1) is 0 Å². The number of fused-ring (bicyclic) bond motifs is 1. The van der Waals surface area contributed by atoms with Gasteiger partial charge in [0.25, 0.3) is 5.91 Å². The second kappa shape index (κ2) is 6.87. The molecule has 0 saturated heterocycles. The van der Waals surface area contributed by atoms with E-state index in [2.05, 4.69) is 10.3 Å². The van der Waals surface area contributed by atoms with Crippen molar-refractivity contribution in [2.45, 2.75) is 6.92 Å². The molecule has 0 unspecified atom stereocenters. The topological polar surface area (TPSA) is 99.3 Å². The largest absolute Gasteiger partial charge is 0.477 e. The lowest BCUT2D eigenvalue weighted by Gasteiger charge is -2.04. The van der Waals surface area contributed by atoms with Crippen LogP contribution in [0.15, 0.2) is 48.5 Å². The minimum absolute atomic E-state index is 0.139. The first-order valence-electron chi connectivity index (χ1n) is 8.75. The Hall–Kier alpha value is -4.00. The number of ketones is 1. The highest BCUT2D eigenvalue weighted by Gasteiger charge is 2.28. The number of amides is 1. The average Bonchev–Trinajstić information content (AvgIpc) is 3.19. The van der Waals surface area contributed by atoms with E-state index < -0.39 is 17.7 Å². The normalized spacial score (nSPS) is 14.0. The Morgan fingerprint density at radius 1 is 1.10 bits per heavy atom. The first-order chi connectivity index (χ1) is 13.9. The number of aromatic carboxylic acids is 1. The highest BCUT2D eigenvalue weighted by atomic mass is 19.1. The molecule has 0 atom stereocenters. The van der Waals surface area contributed by atoms with Crippen LogP contribution in [0.5, 0.6) is 0 Å². The molecule has 0 fully saturated rings. The zero-order chi connectivity index (χ0) is 20.7. The third kappa shape index (κ3) is 3.12. The standard InChI is InChI=1S/C22H15FN2O4/c1-11-18(20(26)12-5-3-2-4-6-12)17(24-19(11)22(28)29)10-15-14-9-13(23)7-8-16(14)25-21(15)27/h2-10,24H,1H3,(H,25,27)(H,28,29)/b15-10-. The third-order valence-corrected chi connectivity index (χ3v) is 4.81. The molecule has 1 aliphatic heterocycles. The summed E-state index contributed by atoms with van der Waals surface area (Å²) in [6, 6.07) is 12.3. The van der Waals surface area contributed by atoms with Crippen LogP contribution in [0.1, 0.15) is 43.2 Å². The van der Waals surface area contributed by atoms with Gasteiger partial charge in [0.2, 0.25) is 0 Å². The summed E-state index contributed by atoms with van der Waals surface area (Å²) >= 11 is 0. The first kappa shape index (κ1) is 18.4. The number of rotatable bonds is 4. The molecule has 0 radical (unpaired) electrons. The monoisotopic (exact) mass is 390 g/mol. The number of carboxylic acids is 1. The van der Waals surface area contributed by atoms with Crippen molar-refractivity contribution in [2.75, 3.05) is 5.32 Å². The predicted octanol–water partition coefficient (Wildman–Crippen LogP) is 3.88. The third-order valence-electron chi connectivity index (χ3n) is 4.81. The SMILES string of the molecule is Cc1c(C(=O)O)[nH]c(/C=C2\C(=O)Nc3ccc(F)cc32)c1C(=O)c1ccccc1. The van der Waals surface area contributed by atoms with Crippen LogP contribution in [0.3, 0.4) is 0 Å². The molecule has 7 heteroatoms. The molecule has 1 amide bonds. The van der Waals surface area contributed by atoms with E-state index in [1.165, 1.54) is 31.2 Å². The number of aromatic amines is 1. The zero-order valence-corrected chi connectivity index (χ0v) is 15.2. The number of hydrogen-bond acceptors (Lipinski definition) is 3. The zero-order valence-electron chi connectivity index (χ0n) is 15.2. The van der Waals surface area contributed by atoms with Crippen molar-refractivity contribution >= 4 is 35.0 Å². The fraction of sp³-hybridized carbons (Fsp3) is 0.0455. The van der Waals surface area contributed by atoms with Gasteiger partial charge in [-0.05, 0) is 36.8 Å². The Bertz CT molecular complexity index is 1210. The Balaban J connectivity index is 1.91. The second-order valence-corrected chi connectivity index (χ2v) is 6.62. The van der Waals surface area contributed by atoms with Crippen LogP contribution in [0.2, 0.25) is 0 Å². The van der Waals surface area contributed by atoms with Crippen LogP contribution in [0, 0.1) is 12.7 Å². The van der Waals surface area contributed by atoms with Crippen molar-refractivity contribution in [3.05, 3.63) is 88.0 Å². The van der Waals surface area contributed by atoms with Gasteiger partial charge in [-0.3, -0.25) is 9.59 Å².